The second-order valence-electron chi connectivity index (χ2n) is 8.06. The van der Waals surface area contributed by atoms with Crippen molar-refractivity contribution in [2.75, 3.05) is 5.32 Å². The lowest BCUT2D eigenvalue weighted by atomic mass is 10.0. The molecule has 172 valence electrons. The monoisotopic (exact) mass is 462 g/mol. The smallest absolute Gasteiger partial charge is 0.335 e. The fourth-order valence-corrected chi connectivity index (χ4v) is 4.01. The van der Waals surface area contributed by atoms with Crippen molar-refractivity contribution < 1.29 is 9.90 Å². The van der Waals surface area contributed by atoms with Crippen LogP contribution in [-0.4, -0.2) is 25.8 Å². The molecule has 0 aliphatic carbocycles. The normalized spacial score (nSPS) is 10.9. The zero-order valence-electron chi connectivity index (χ0n) is 19.0. The summed E-state index contributed by atoms with van der Waals surface area (Å²) in [6.45, 7) is 2.30. The van der Waals surface area contributed by atoms with Gasteiger partial charge >= 0.3 is 5.97 Å². The number of benzene rings is 3. The molecular formula is C28H22N4O3. The minimum atomic E-state index is -0.960. The predicted octanol–water partition coefficient (Wildman–Crippen LogP) is 5.59. The van der Waals surface area contributed by atoms with Crippen molar-refractivity contribution in [3.63, 3.8) is 0 Å². The molecule has 0 bridgehead atoms. The molecule has 5 rings (SSSR count). The number of aryl methyl sites for hydroxylation is 1. The number of rotatable bonds is 6. The average Bonchev–Trinajstić information content (AvgIpc) is 2.90. The standard InChI is InChI=1S/C28H22N4O3/c1-2-32-27(33)25(30-26-17-29-16-22-6-3-4-9-23(22)26)15-24(31-32)21-8-5-7-20(14-21)18-10-12-19(13-11-18)28(34)35/h3-17,30H,2H2,1H3,(H,34,35). The molecule has 0 unspecified atom stereocenters. The number of aromatic carboxylic acids is 1. The molecule has 0 saturated carbocycles. The molecule has 0 spiro atoms. The Hall–Kier alpha value is -4.78. The van der Waals surface area contributed by atoms with Crippen LogP contribution in [-0.2, 0) is 6.54 Å². The van der Waals surface area contributed by atoms with E-state index in [0.717, 1.165) is 33.2 Å². The van der Waals surface area contributed by atoms with Crippen LogP contribution in [0.5, 0.6) is 0 Å². The summed E-state index contributed by atoms with van der Waals surface area (Å²) >= 11 is 0. The molecule has 0 radical (unpaired) electrons. The average molecular weight is 463 g/mol. The van der Waals surface area contributed by atoms with Crippen molar-refractivity contribution in [3.05, 3.63) is 107 Å². The number of nitrogens with one attached hydrogen (secondary N) is 1. The van der Waals surface area contributed by atoms with E-state index in [1.54, 1.807) is 42.7 Å². The summed E-state index contributed by atoms with van der Waals surface area (Å²) in [6.07, 6.45) is 3.50. The lowest BCUT2D eigenvalue weighted by molar-refractivity contribution is 0.0697. The first-order valence-corrected chi connectivity index (χ1v) is 11.2. The van der Waals surface area contributed by atoms with Crippen molar-refractivity contribution in [2.45, 2.75) is 13.5 Å². The van der Waals surface area contributed by atoms with Crippen molar-refractivity contribution in [3.8, 4) is 22.4 Å². The largest absolute Gasteiger partial charge is 0.478 e. The summed E-state index contributed by atoms with van der Waals surface area (Å²) in [5.74, 6) is -0.960. The number of hydrogen-bond donors (Lipinski definition) is 2. The highest BCUT2D eigenvalue weighted by molar-refractivity contribution is 5.94. The molecular weight excluding hydrogens is 440 g/mol. The summed E-state index contributed by atoms with van der Waals surface area (Å²) < 4.78 is 1.44. The van der Waals surface area contributed by atoms with Crippen LogP contribution in [0.2, 0.25) is 0 Å². The van der Waals surface area contributed by atoms with E-state index in [2.05, 4.69) is 15.4 Å². The molecule has 0 saturated heterocycles. The summed E-state index contributed by atoms with van der Waals surface area (Å²) in [7, 11) is 0. The van der Waals surface area contributed by atoms with Crippen LogP contribution in [0.1, 0.15) is 17.3 Å². The van der Waals surface area contributed by atoms with Crippen LogP contribution in [0.3, 0.4) is 0 Å². The number of carbonyl (C=O) groups is 1. The van der Waals surface area contributed by atoms with Gasteiger partial charge in [-0.3, -0.25) is 9.78 Å². The van der Waals surface area contributed by atoms with Crippen LogP contribution in [0.25, 0.3) is 33.2 Å². The van der Waals surface area contributed by atoms with Gasteiger partial charge in [0.2, 0.25) is 0 Å². The van der Waals surface area contributed by atoms with E-state index in [1.165, 1.54) is 4.68 Å². The third kappa shape index (κ3) is 4.39. The minimum absolute atomic E-state index is 0.218. The van der Waals surface area contributed by atoms with Gasteiger partial charge < -0.3 is 10.4 Å². The van der Waals surface area contributed by atoms with E-state index < -0.39 is 5.97 Å². The van der Waals surface area contributed by atoms with Gasteiger partial charge in [-0.05, 0) is 42.3 Å². The number of fused-ring (bicyclic) bond motifs is 1. The Labute approximate surface area is 201 Å². The Morgan fingerprint density at radius 3 is 2.43 bits per heavy atom. The van der Waals surface area contributed by atoms with Crippen LogP contribution >= 0.6 is 0 Å². The third-order valence-corrected chi connectivity index (χ3v) is 5.83. The lowest BCUT2D eigenvalue weighted by Gasteiger charge is -2.13. The highest BCUT2D eigenvalue weighted by Gasteiger charge is 2.12. The summed E-state index contributed by atoms with van der Waals surface area (Å²) in [6, 6.07) is 24.1. The minimum Gasteiger partial charge on any atom is -0.478 e. The Morgan fingerprint density at radius 2 is 1.66 bits per heavy atom. The molecule has 2 heterocycles. The van der Waals surface area contributed by atoms with Gasteiger partial charge in [-0.25, -0.2) is 9.48 Å². The Morgan fingerprint density at radius 1 is 0.886 bits per heavy atom. The third-order valence-electron chi connectivity index (χ3n) is 5.83. The summed E-state index contributed by atoms with van der Waals surface area (Å²) in [4.78, 5) is 28.5. The van der Waals surface area contributed by atoms with Crippen LogP contribution in [0, 0.1) is 0 Å². The van der Waals surface area contributed by atoms with Crippen molar-refractivity contribution in [2.24, 2.45) is 0 Å². The van der Waals surface area contributed by atoms with E-state index in [1.807, 2.05) is 55.5 Å². The topological polar surface area (TPSA) is 97.1 Å². The van der Waals surface area contributed by atoms with Gasteiger partial charge in [0.15, 0.2) is 0 Å². The molecule has 7 nitrogen and oxygen atoms in total. The second-order valence-corrected chi connectivity index (χ2v) is 8.06. The maximum atomic E-state index is 13.1. The molecule has 0 aliphatic rings. The maximum absolute atomic E-state index is 13.1. The number of aromatic nitrogens is 3. The summed E-state index contributed by atoms with van der Waals surface area (Å²) in [5.41, 5.74) is 4.46. The SMILES string of the molecule is CCn1nc(-c2cccc(-c3ccc(C(=O)O)cc3)c2)cc(Nc2cncc3ccccc23)c1=O. The molecule has 35 heavy (non-hydrogen) atoms. The van der Waals surface area contributed by atoms with Crippen molar-refractivity contribution in [1.29, 1.82) is 0 Å². The van der Waals surface area contributed by atoms with Gasteiger partial charge in [0, 0.05) is 29.1 Å². The molecule has 0 aliphatic heterocycles. The van der Waals surface area contributed by atoms with Gasteiger partial charge in [0.1, 0.15) is 5.69 Å². The molecule has 5 aromatic rings. The van der Waals surface area contributed by atoms with Crippen LogP contribution in [0.15, 0.2) is 96.1 Å². The Balaban J connectivity index is 1.56. The maximum Gasteiger partial charge on any atom is 0.335 e. The summed E-state index contributed by atoms with van der Waals surface area (Å²) in [5, 5.41) is 18.9. The van der Waals surface area contributed by atoms with E-state index in [9.17, 15) is 9.59 Å². The van der Waals surface area contributed by atoms with Gasteiger partial charge in [-0.15, -0.1) is 0 Å². The van der Waals surface area contributed by atoms with Crippen molar-refractivity contribution >= 4 is 28.1 Å². The first-order valence-electron chi connectivity index (χ1n) is 11.2. The quantitative estimate of drug-likeness (QED) is 0.342. The molecule has 7 heteroatoms. The Kier molecular flexibility index (Phi) is 5.81. The van der Waals surface area contributed by atoms with Crippen LogP contribution < -0.4 is 10.9 Å². The van der Waals surface area contributed by atoms with Crippen molar-refractivity contribution in [1.82, 2.24) is 14.8 Å². The number of carboxylic acid groups (broad SMARTS) is 1. The number of pyridine rings is 1. The van der Waals surface area contributed by atoms with E-state index in [4.69, 9.17) is 5.11 Å². The zero-order chi connectivity index (χ0) is 24.4. The van der Waals surface area contributed by atoms with Gasteiger partial charge in [-0.2, -0.15) is 5.10 Å². The first-order chi connectivity index (χ1) is 17.0. The van der Waals surface area contributed by atoms with E-state index in [0.29, 0.717) is 17.9 Å². The molecule has 2 aromatic heterocycles. The Bertz CT molecular complexity index is 1600. The van der Waals surface area contributed by atoms with Crippen LogP contribution in [0.4, 0.5) is 11.4 Å². The lowest BCUT2D eigenvalue weighted by Crippen LogP contribution is -2.24. The number of anilines is 2. The van der Waals surface area contributed by atoms with E-state index >= 15 is 0 Å². The highest BCUT2D eigenvalue weighted by atomic mass is 16.4. The number of carboxylic acids is 1. The molecule has 0 fully saturated rings. The fraction of sp³-hybridized carbons (Fsp3) is 0.0714. The molecule has 0 amide bonds. The fourth-order valence-electron chi connectivity index (χ4n) is 4.01. The molecule has 3 aromatic carbocycles. The van der Waals surface area contributed by atoms with E-state index in [-0.39, 0.29) is 11.1 Å². The highest BCUT2D eigenvalue weighted by Crippen LogP contribution is 2.28. The molecule has 2 N–H and O–H groups in total. The number of nitrogens with zero attached hydrogens (tertiary/aromatic N) is 3. The van der Waals surface area contributed by atoms with Gasteiger partial charge in [0.05, 0.1) is 23.1 Å². The predicted molar refractivity (Wildman–Crippen MR) is 137 cm³/mol. The van der Waals surface area contributed by atoms with Gasteiger partial charge in [-0.1, -0.05) is 54.6 Å². The zero-order valence-corrected chi connectivity index (χ0v) is 19.0. The molecule has 0 atom stereocenters. The number of hydrogen-bond acceptors (Lipinski definition) is 5. The van der Waals surface area contributed by atoms with Gasteiger partial charge in [0.25, 0.3) is 5.56 Å². The second kappa shape index (κ2) is 9.23. The first kappa shape index (κ1) is 22.0.